The molecule has 4 nitrogen and oxygen atoms in total. The van der Waals surface area contributed by atoms with Crippen LogP contribution in [-0.4, -0.2) is 20.0 Å². The van der Waals surface area contributed by atoms with Crippen molar-refractivity contribution in [1.29, 1.82) is 0 Å². The van der Waals surface area contributed by atoms with Gasteiger partial charge in [-0.25, -0.2) is 0 Å². The van der Waals surface area contributed by atoms with Crippen molar-refractivity contribution in [3.63, 3.8) is 0 Å². The van der Waals surface area contributed by atoms with Gasteiger partial charge < -0.3 is 9.47 Å². The van der Waals surface area contributed by atoms with Gasteiger partial charge in [0, 0.05) is 12.0 Å². The fraction of sp³-hybridized carbons (Fsp3) is 0.538. The van der Waals surface area contributed by atoms with E-state index in [-0.39, 0.29) is 6.79 Å². The summed E-state index contributed by atoms with van der Waals surface area (Å²) in [5, 5.41) is 0. The molecule has 0 saturated heterocycles. The predicted molar refractivity (Wildman–Crippen MR) is 71.3 cm³/mol. The molecular formula is C13H19NO3S. The van der Waals surface area contributed by atoms with Crippen LogP contribution in [0.25, 0.3) is 0 Å². The van der Waals surface area contributed by atoms with Gasteiger partial charge in [-0.3, -0.25) is 4.84 Å². The molecule has 5 heteroatoms. The summed E-state index contributed by atoms with van der Waals surface area (Å²) in [6, 6.07) is 7.80. The Bertz CT molecular complexity index is 339. The van der Waals surface area contributed by atoms with Gasteiger partial charge in [0.2, 0.25) is 0 Å². The van der Waals surface area contributed by atoms with Crippen LogP contribution in [0.5, 0.6) is 5.75 Å². The van der Waals surface area contributed by atoms with Gasteiger partial charge in [-0.05, 0) is 49.1 Å². The van der Waals surface area contributed by atoms with Crippen LogP contribution in [0.15, 0.2) is 29.2 Å². The quantitative estimate of drug-likeness (QED) is 0.468. The molecule has 18 heavy (non-hydrogen) atoms. The van der Waals surface area contributed by atoms with Crippen molar-refractivity contribution in [2.75, 3.05) is 13.9 Å². The van der Waals surface area contributed by atoms with E-state index in [1.165, 1.54) is 24.8 Å². The first-order chi connectivity index (χ1) is 8.88. The van der Waals surface area contributed by atoms with Gasteiger partial charge in [0.05, 0.1) is 6.10 Å². The zero-order chi connectivity index (χ0) is 12.6. The largest absolute Gasteiger partial charge is 0.468 e. The Balaban J connectivity index is 1.68. The summed E-state index contributed by atoms with van der Waals surface area (Å²) in [5.41, 5.74) is 0. The van der Waals surface area contributed by atoms with E-state index in [4.69, 9.17) is 14.3 Å². The number of nitrogens with one attached hydrogen (secondary N) is 1. The maximum atomic E-state index is 5.56. The fourth-order valence-corrected chi connectivity index (χ4v) is 2.43. The lowest BCUT2D eigenvalue weighted by Gasteiger charge is -2.11. The fourth-order valence-electron chi connectivity index (χ4n) is 1.88. The average molecular weight is 269 g/mol. The molecule has 0 atom stereocenters. The Hall–Kier alpha value is -0.750. The molecule has 1 aliphatic carbocycles. The smallest absolute Gasteiger partial charge is 0.188 e. The molecule has 0 amide bonds. The van der Waals surface area contributed by atoms with Crippen molar-refractivity contribution in [2.45, 2.75) is 36.7 Å². The van der Waals surface area contributed by atoms with Gasteiger partial charge in [0.25, 0.3) is 0 Å². The Morgan fingerprint density at radius 1 is 1.22 bits per heavy atom. The average Bonchev–Trinajstić information content (AvgIpc) is 2.91. The van der Waals surface area contributed by atoms with Gasteiger partial charge in [0.15, 0.2) is 6.79 Å². The van der Waals surface area contributed by atoms with Crippen molar-refractivity contribution in [3.8, 4) is 5.75 Å². The van der Waals surface area contributed by atoms with Crippen molar-refractivity contribution in [2.24, 2.45) is 0 Å². The standard InChI is InChI=1S/C13H19NO3S/c1-15-10-16-11-6-8-13(9-7-11)18-14-17-12-4-2-3-5-12/h6-9,12,14H,2-5,10H2,1H3. The second-order valence-corrected chi connectivity index (χ2v) is 5.07. The zero-order valence-corrected chi connectivity index (χ0v) is 11.4. The number of benzene rings is 1. The first-order valence-corrected chi connectivity index (χ1v) is 6.99. The minimum Gasteiger partial charge on any atom is -0.468 e. The zero-order valence-electron chi connectivity index (χ0n) is 10.6. The minimum atomic E-state index is 0.273. The third kappa shape index (κ3) is 4.49. The highest BCUT2D eigenvalue weighted by Gasteiger charge is 2.15. The normalized spacial score (nSPS) is 16.1. The highest BCUT2D eigenvalue weighted by molar-refractivity contribution is 7.97. The molecule has 0 bridgehead atoms. The first kappa shape index (κ1) is 13.7. The van der Waals surface area contributed by atoms with Gasteiger partial charge in [-0.15, -0.1) is 4.89 Å². The predicted octanol–water partition coefficient (Wildman–Crippen LogP) is 3.14. The Labute approximate surface area is 112 Å². The molecule has 0 radical (unpaired) electrons. The van der Waals surface area contributed by atoms with Gasteiger partial charge >= 0.3 is 0 Å². The molecule has 1 aromatic carbocycles. The van der Waals surface area contributed by atoms with Crippen molar-refractivity contribution in [3.05, 3.63) is 24.3 Å². The molecule has 1 N–H and O–H groups in total. The van der Waals surface area contributed by atoms with E-state index < -0.39 is 0 Å². The minimum absolute atomic E-state index is 0.273. The second-order valence-electron chi connectivity index (χ2n) is 4.23. The lowest BCUT2D eigenvalue weighted by Crippen LogP contribution is -2.15. The molecule has 0 heterocycles. The van der Waals surface area contributed by atoms with Crippen molar-refractivity contribution < 1.29 is 14.3 Å². The molecular weight excluding hydrogens is 250 g/mol. The van der Waals surface area contributed by atoms with Crippen LogP contribution in [0.1, 0.15) is 25.7 Å². The number of hydrogen-bond donors (Lipinski definition) is 1. The van der Waals surface area contributed by atoms with Crippen LogP contribution < -0.4 is 9.62 Å². The van der Waals surface area contributed by atoms with Crippen molar-refractivity contribution in [1.82, 2.24) is 4.89 Å². The van der Waals surface area contributed by atoms with Gasteiger partial charge in [-0.2, -0.15) is 0 Å². The molecule has 1 aromatic rings. The van der Waals surface area contributed by atoms with E-state index in [2.05, 4.69) is 4.89 Å². The summed E-state index contributed by atoms with van der Waals surface area (Å²) >= 11 is 1.48. The highest BCUT2D eigenvalue weighted by atomic mass is 32.2. The van der Waals surface area contributed by atoms with Crippen LogP contribution in [0.3, 0.4) is 0 Å². The number of methoxy groups -OCH3 is 1. The SMILES string of the molecule is COCOc1ccc(SNOC2CCCC2)cc1. The number of rotatable bonds is 7. The monoisotopic (exact) mass is 269 g/mol. The van der Waals surface area contributed by atoms with E-state index >= 15 is 0 Å². The number of hydrogen-bond acceptors (Lipinski definition) is 5. The van der Waals surface area contributed by atoms with Gasteiger partial charge in [0.1, 0.15) is 5.75 Å². The molecule has 0 aliphatic heterocycles. The van der Waals surface area contributed by atoms with Crippen LogP contribution in [0.4, 0.5) is 0 Å². The van der Waals surface area contributed by atoms with E-state index in [0.29, 0.717) is 6.10 Å². The molecule has 0 unspecified atom stereocenters. The van der Waals surface area contributed by atoms with Crippen LogP contribution >= 0.6 is 11.9 Å². The summed E-state index contributed by atoms with van der Waals surface area (Å²) < 4.78 is 10.2. The molecule has 1 aliphatic rings. The topological polar surface area (TPSA) is 39.7 Å². The summed E-state index contributed by atoms with van der Waals surface area (Å²) in [7, 11) is 1.61. The Kier molecular flexibility index (Phi) is 5.80. The summed E-state index contributed by atoms with van der Waals surface area (Å²) in [5.74, 6) is 0.804. The molecule has 0 spiro atoms. The Morgan fingerprint density at radius 3 is 2.61 bits per heavy atom. The summed E-state index contributed by atoms with van der Waals surface area (Å²) in [6.07, 6.45) is 5.27. The van der Waals surface area contributed by atoms with Crippen LogP contribution in [-0.2, 0) is 9.57 Å². The van der Waals surface area contributed by atoms with Crippen LogP contribution in [0.2, 0.25) is 0 Å². The summed E-state index contributed by atoms with van der Waals surface area (Å²) in [6.45, 7) is 0.273. The van der Waals surface area contributed by atoms with Crippen molar-refractivity contribution >= 4 is 11.9 Å². The molecule has 2 rings (SSSR count). The molecule has 0 aromatic heterocycles. The third-order valence-corrected chi connectivity index (χ3v) is 3.53. The molecule has 1 saturated carbocycles. The van der Waals surface area contributed by atoms with E-state index in [9.17, 15) is 0 Å². The third-order valence-electron chi connectivity index (χ3n) is 2.84. The second kappa shape index (κ2) is 7.63. The highest BCUT2D eigenvalue weighted by Crippen LogP contribution is 2.23. The Morgan fingerprint density at radius 2 is 1.94 bits per heavy atom. The molecule has 100 valence electrons. The van der Waals surface area contributed by atoms with Gasteiger partial charge in [-0.1, -0.05) is 12.8 Å². The number of ether oxygens (including phenoxy) is 2. The van der Waals surface area contributed by atoms with Crippen LogP contribution in [0, 0.1) is 0 Å². The lowest BCUT2D eigenvalue weighted by atomic mass is 10.3. The lowest BCUT2D eigenvalue weighted by molar-refractivity contribution is 0.0281. The van der Waals surface area contributed by atoms with E-state index in [0.717, 1.165) is 23.5 Å². The first-order valence-electron chi connectivity index (χ1n) is 6.18. The summed E-state index contributed by atoms with van der Waals surface area (Å²) in [4.78, 5) is 9.62. The van der Waals surface area contributed by atoms with E-state index in [1.807, 2.05) is 24.3 Å². The maximum absolute atomic E-state index is 5.56. The molecule has 1 fully saturated rings. The van der Waals surface area contributed by atoms with E-state index in [1.54, 1.807) is 7.11 Å². The maximum Gasteiger partial charge on any atom is 0.188 e.